The van der Waals surface area contributed by atoms with Crippen LogP contribution in [0.2, 0.25) is 0 Å². The third-order valence-corrected chi connectivity index (χ3v) is 11.7. The van der Waals surface area contributed by atoms with Gasteiger partial charge in [-0.3, -0.25) is 0 Å². The summed E-state index contributed by atoms with van der Waals surface area (Å²) in [4.78, 5) is 2.39. The summed E-state index contributed by atoms with van der Waals surface area (Å²) in [7, 11) is 0. The van der Waals surface area contributed by atoms with E-state index in [1.165, 1.54) is 72.1 Å². The van der Waals surface area contributed by atoms with Crippen molar-refractivity contribution in [2.75, 3.05) is 10.2 Å². The molecule has 1 aliphatic heterocycles. The molecule has 2 nitrogen and oxygen atoms in total. The van der Waals surface area contributed by atoms with Gasteiger partial charge in [-0.05, 0) is 110 Å². The topological polar surface area (TPSA) is 15.3 Å². The van der Waals surface area contributed by atoms with Crippen molar-refractivity contribution in [1.82, 2.24) is 0 Å². The molecule has 55 heavy (non-hydrogen) atoms. The maximum atomic E-state index is 3.69. The van der Waals surface area contributed by atoms with E-state index >= 15 is 0 Å². The lowest BCUT2D eigenvalue weighted by Gasteiger charge is -2.35. The Hall–Kier alpha value is -7.16. The molecule has 0 spiro atoms. The van der Waals surface area contributed by atoms with Crippen LogP contribution >= 0.6 is 0 Å². The summed E-state index contributed by atoms with van der Waals surface area (Å²) in [5.41, 5.74) is 17.8. The molecule has 9 aromatic carbocycles. The number of anilines is 5. The van der Waals surface area contributed by atoms with E-state index in [9.17, 15) is 0 Å². The lowest BCUT2D eigenvalue weighted by Crippen LogP contribution is -2.28. The first-order valence-electron chi connectivity index (χ1n) is 19.0. The Morgan fingerprint density at radius 2 is 0.927 bits per heavy atom. The first-order chi connectivity index (χ1) is 27.3. The number of hydrogen-bond acceptors (Lipinski definition) is 2. The largest absolute Gasteiger partial charge is 0.354 e. The molecule has 1 heterocycles. The monoisotopic (exact) mass is 700 g/mol. The standard InChI is InChI=1S/C53H36N2/c1-4-16-39(17-5-1)53(40-18-6-2-7-19-40)48-24-11-10-22-44(48)45-32-31-43(35-49(45)53)55(41-20-8-3-9-21-41)42-29-26-36(27-30-42)38-28-33-50-47(34-38)46-23-12-14-37-15-13-25-51(54-50)52(37)46/h1-35,54H. The van der Waals surface area contributed by atoms with E-state index in [-0.39, 0.29) is 0 Å². The van der Waals surface area contributed by atoms with Crippen LogP contribution in [0.5, 0.6) is 0 Å². The molecule has 0 fully saturated rings. The molecule has 0 aromatic heterocycles. The van der Waals surface area contributed by atoms with Crippen LogP contribution in [0.3, 0.4) is 0 Å². The van der Waals surface area contributed by atoms with Gasteiger partial charge in [0.15, 0.2) is 0 Å². The van der Waals surface area contributed by atoms with Crippen LogP contribution < -0.4 is 10.2 Å². The molecule has 0 radical (unpaired) electrons. The second-order valence-electron chi connectivity index (χ2n) is 14.6. The van der Waals surface area contributed by atoms with E-state index in [2.05, 4.69) is 223 Å². The van der Waals surface area contributed by atoms with Gasteiger partial charge >= 0.3 is 0 Å². The smallest absolute Gasteiger partial charge is 0.0714 e. The normalized spacial score (nSPS) is 13.0. The summed E-state index contributed by atoms with van der Waals surface area (Å²) in [6, 6.07) is 77.7. The van der Waals surface area contributed by atoms with Gasteiger partial charge < -0.3 is 10.2 Å². The molecule has 1 N–H and O–H groups in total. The highest BCUT2D eigenvalue weighted by molar-refractivity contribution is 6.11. The van der Waals surface area contributed by atoms with E-state index in [4.69, 9.17) is 0 Å². The van der Waals surface area contributed by atoms with Crippen molar-refractivity contribution in [3.63, 3.8) is 0 Å². The van der Waals surface area contributed by atoms with Crippen LogP contribution in [0, 0.1) is 0 Å². The average molecular weight is 701 g/mol. The summed E-state index contributed by atoms with van der Waals surface area (Å²) in [6.45, 7) is 0. The molecule has 0 saturated heterocycles. The summed E-state index contributed by atoms with van der Waals surface area (Å²) in [5, 5.41) is 6.22. The Bertz CT molecular complexity index is 2830. The third-order valence-electron chi connectivity index (χ3n) is 11.7. The van der Waals surface area contributed by atoms with Gasteiger partial charge in [0.25, 0.3) is 0 Å². The molecule has 0 atom stereocenters. The van der Waals surface area contributed by atoms with Crippen LogP contribution in [-0.2, 0) is 5.41 Å². The predicted molar refractivity (Wildman–Crippen MR) is 230 cm³/mol. The van der Waals surface area contributed by atoms with Crippen LogP contribution in [0.4, 0.5) is 28.4 Å². The van der Waals surface area contributed by atoms with Gasteiger partial charge in [-0.2, -0.15) is 0 Å². The van der Waals surface area contributed by atoms with Crippen molar-refractivity contribution >= 4 is 39.2 Å². The van der Waals surface area contributed by atoms with E-state index in [0.29, 0.717) is 0 Å². The Morgan fingerprint density at radius 3 is 1.67 bits per heavy atom. The van der Waals surface area contributed by atoms with E-state index in [0.717, 1.165) is 22.7 Å². The molecule has 1 aliphatic carbocycles. The molecule has 0 saturated carbocycles. The van der Waals surface area contributed by atoms with Crippen molar-refractivity contribution in [2.45, 2.75) is 5.41 Å². The third kappa shape index (κ3) is 4.82. The van der Waals surface area contributed by atoms with E-state index in [1.807, 2.05) is 0 Å². The number of nitrogens with zero attached hydrogens (tertiary/aromatic N) is 1. The van der Waals surface area contributed by atoms with Crippen molar-refractivity contribution in [2.24, 2.45) is 0 Å². The number of benzene rings is 9. The number of rotatable bonds is 6. The summed E-state index contributed by atoms with van der Waals surface area (Å²) in [6.07, 6.45) is 0. The Labute approximate surface area is 321 Å². The Kier molecular flexibility index (Phi) is 7.11. The summed E-state index contributed by atoms with van der Waals surface area (Å²) in [5.74, 6) is 0. The van der Waals surface area contributed by atoms with Crippen molar-refractivity contribution < 1.29 is 0 Å². The minimum Gasteiger partial charge on any atom is -0.354 e. The molecule has 2 heteroatoms. The zero-order valence-electron chi connectivity index (χ0n) is 30.2. The zero-order chi connectivity index (χ0) is 36.3. The molecular weight excluding hydrogens is 665 g/mol. The highest BCUT2D eigenvalue weighted by Crippen LogP contribution is 2.57. The van der Waals surface area contributed by atoms with Crippen molar-refractivity contribution in [1.29, 1.82) is 0 Å². The first kappa shape index (κ1) is 31.4. The van der Waals surface area contributed by atoms with Gasteiger partial charge in [0, 0.05) is 39.4 Å². The quantitative estimate of drug-likeness (QED) is 0.186. The molecule has 258 valence electrons. The van der Waals surface area contributed by atoms with Gasteiger partial charge in [0.05, 0.1) is 5.41 Å². The Morgan fingerprint density at radius 1 is 0.345 bits per heavy atom. The van der Waals surface area contributed by atoms with Gasteiger partial charge in [-0.25, -0.2) is 0 Å². The molecule has 2 aliphatic rings. The fourth-order valence-electron chi connectivity index (χ4n) is 9.27. The summed E-state index contributed by atoms with van der Waals surface area (Å²) >= 11 is 0. The lowest BCUT2D eigenvalue weighted by atomic mass is 9.67. The fourth-order valence-corrected chi connectivity index (χ4v) is 9.27. The fraction of sp³-hybridized carbons (Fsp3) is 0.0189. The predicted octanol–water partition coefficient (Wildman–Crippen LogP) is 14.1. The second-order valence-corrected chi connectivity index (χ2v) is 14.6. The maximum Gasteiger partial charge on any atom is 0.0714 e. The number of fused-ring (bicyclic) bond motifs is 5. The number of para-hydroxylation sites is 1. The first-order valence-corrected chi connectivity index (χ1v) is 19.0. The second kappa shape index (κ2) is 12.5. The molecule has 0 unspecified atom stereocenters. The van der Waals surface area contributed by atoms with Crippen molar-refractivity contribution in [3.05, 3.63) is 235 Å². The highest BCUT2D eigenvalue weighted by Gasteiger charge is 2.46. The molecular formula is C53H36N2. The summed E-state index contributed by atoms with van der Waals surface area (Å²) < 4.78 is 0. The Balaban J connectivity index is 1.05. The van der Waals surface area contributed by atoms with Crippen LogP contribution in [0.25, 0.3) is 44.2 Å². The van der Waals surface area contributed by atoms with Gasteiger partial charge in [-0.15, -0.1) is 0 Å². The van der Waals surface area contributed by atoms with Crippen LogP contribution in [0.15, 0.2) is 212 Å². The molecule has 9 aromatic rings. The maximum absolute atomic E-state index is 3.69. The SMILES string of the molecule is c1ccc(N(c2ccc(-c3ccc4c(c3)-c3cccc5cccc(c35)N4)cc2)c2ccc3c(c2)C(c2ccccc2)(c2ccccc2)c2ccccc2-3)cc1. The molecule has 11 rings (SSSR count). The lowest BCUT2D eigenvalue weighted by molar-refractivity contribution is 0.768. The van der Waals surface area contributed by atoms with Gasteiger partial charge in [0.2, 0.25) is 0 Å². The van der Waals surface area contributed by atoms with Gasteiger partial charge in [-0.1, -0.05) is 158 Å². The average Bonchev–Trinajstić information content (AvgIpc) is 3.55. The highest BCUT2D eigenvalue weighted by atomic mass is 15.1. The van der Waals surface area contributed by atoms with E-state index in [1.54, 1.807) is 0 Å². The number of nitrogens with one attached hydrogen (secondary N) is 1. The molecule has 0 bridgehead atoms. The number of hydrogen-bond donors (Lipinski definition) is 1. The van der Waals surface area contributed by atoms with Gasteiger partial charge in [0.1, 0.15) is 0 Å². The van der Waals surface area contributed by atoms with E-state index < -0.39 is 5.41 Å². The van der Waals surface area contributed by atoms with Crippen LogP contribution in [0.1, 0.15) is 22.3 Å². The van der Waals surface area contributed by atoms with Crippen LogP contribution in [-0.4, -0.2) is 0 Å². The molecule has 0 amide bonds. The zero-order valence-corrected chi connectivity index (χ0v) is 30.2. The van der Waals surface area contributed by atoms with Crippen molar-refractivity contribution in [3.8, 4) is 33.4 Å². The minimum atomic E-state index is -0.469. The minimum absolute atomic E-state index is 0.469.